The van der Waals surface area contributed by atoms with Crippen LogP contribution in [0.15, 0.2) is 53.5 Å². The Labute approximate surface area is 169 Å². The van der Waals surface area contributed by atoms with E-state index >= 15 is 0 Å². The highest BCUT2D eigenvalue weighted by Gasteiger charge is 2.18. The van der Waals surface area contributed by atoms with Crippen molar-refractivity contribution >= 4 is 17.2 Å². The summed E-state index contributed by atoms with van der Waals surface area (Å²) < 4.78 is 7.39. The maximum atomic E-state index is 12.3. The lowest BCUT2D eigenvalue weighted by atomic mass is 10.2. The Bertz CT molecular complexity index is 1080. The molecular weight excluding hydrogens is 368 g/mol. The molecule has 0 N–H and O–H groups in total. The highest BCUT2D eigenvalue weighted by molar-refractivity contribution is 5.73. The van der Waals surface area contributed by atoms with Gasteiger partial charge in [-0.3, -0.25) is 14.0 Å². The molecule has 3 aromatic rings. The molecule has 0 radical (unpaired) electrons. The normalized spacial score (nSPS) is 14.3. The predicted molar refractivity (Wildman–Crippen MR) is 111 cm³/mol. The number of fused-ring (bicyclic) bond motifs is 1. The summed E-state index contributed by atoms with van der Waals surface area (Å²) in [7, 11) is 0. The molecule has 1 aliphatic rings. The van der Waals surface area contributed by atoms with Crippen molar-refractivity contribution in [2.75, 3.05) is 31.1 Å². The number of rotatable bonds is 4. The first-order chi connectivity index (χ1) is 14.0. The van der Waals surface area contributed by atoms with Crippen LogP contribution in [0.4, 0.5) is 5.69 Å². The molecule has 0 atom stereocenters. The van der Waals surface area contributed by atoms with Crippen LogP contribution in [0.2, 0.25) is 0 Å². The molecule has 7 heteroatoms. The van der Waals surface area contributed by atoms with Gasteiger partial charge in [0.1, 0.15) is 18.0 Å². The van der Waals surface area contributed by atoms with Gasteiger partial charge < -0.3 is 14.5 Å². The number of nitrogens with zero attached hydrogens (tertiary/aromatic N) is 4. The van der Waals surface area contributed by atoms with Crippen molar-refractivity contribution in [1.82, 2.24) is 14.3 Å². The Hall–Kier alpha value is -3.35. The minimum Gasteiger partial charge on any atom is -0.487 e. The van der Waals surface area contributed by atoms with Crippen LogP contribution in [0.1, 0.15) is 18.2 Å². The number of amides is 1. The number of benzene rings is 1. The van der Waals surface area contributed by atoms with Crippen molar-refractivity contribution < 1.29 is 9.53 Å². The highest BCUT2D eigenvalue weighted by atomic mass is 16.5. The molecule has 29 heavy (non-hydrogen) atoms. The van der Waals surface area contributed by atoms with Gasteiger partial charge in [0.25, 0.3) is 5.56 Å². The maximum absolute atomic E-state index is 12.3. The third-order valence-corrected chi connectivity index (χ3v) is 5.25. The second kappa shape index (κ2) is 7.95. The smallest absolute Gasteiger partial charge is 0.258 e. The van der Waals surface area contributed by atoms with E-state index in [0.29, 0.717) is 11.3 Å². The summed E-state index contributed by atoms with van der Waals surface area (Å²) in [4.78, 5) is 32.4. The third-order valence-electron chi connectivity index (χ3n) is 5.25. The summed E-state index contributed by atoms with van der Waals surface area (Å²) in [6.07, 6.45) is 1.72. The zero-order valence-corrected chi connectivity index (χ0v) is 16.7. The number of piperazine rings is 1. The second-order valence-electron chi connectivity index (χ2n) is 7.25. The van der Waals surface area contributed by atoms with E-state index < -0.39 is 0 Å². The lowest BCUT2D eigenvalue weighted by molar-refractivity contribution is -0.129. The molecule has 0 spiro atoms. The van der Waals surface area contributed by atoms with Crippen molar-refractivity contribution in [1.29, 1.82) is 0 Å². The molecule has 7 nitrogen and oxygen atoms in total. The molecule has 1 aromatic carbocycles. The number of aromatic nitrogens is 2. The Balaban J connectivity index is 1.41. The summed E-state index contributed by atoms with van der Waals surface area (Å²) in [5.74, 6) is 0.855. The van der Waals surface area contributed by atoms with E-state index in [2.05, 4.69) is 9.88 Å². The number of aryl methyl sites for hydroxylation is 1. The van der Waals surface area contributed by atoms with Crippen LogP contribution in [-0.2, 0) is 11.4 Å². The van der Waals surface area contributed by atoms with E-state index in [4.69, 9.17) is 4.74 Å². The standard InChI is InChI=1S/C22H24N4O3/c1-16-4-3-9-26-21(28)14-18(23-22(16)26)15-29-20-7-5-19(6-8-20)25-12-10-24(11-13-25)17(2)27/h3-9,14H,10-13,15H2,1-2H3. The highest BCUT2D eigenvalue weighted by Crippen LogP contribution is 2.21. The van der Waals surface area contributed by atoms with Crippen LogP contribution in [0.3, 0.4) is 0 Å². The van der Waals surface area contributed by atoms with Crippen LogP contribution >= 0.6 is 0 Å². The Morgan fingerprint density at radius 3 is 2.52 bits per heavy atom. The van der Waals surface area contributed by atoms with Gasteiger partial charge in [0.05, 0.1) is 5.69 Å². The van der Waals surface area contributed by atoms with Gasteiger partial charge in [0.2, 0.25) is 5.91 Å². The van der Waals surface area contributed by atoms with E-state index in [0.717, 1.165) is 43.2 Å². The average Bonchev–Trinajstić information content (AvgIpc) is 2.73. The number of anilines is 1. The van der Waals surface area contributed by atoms with Gasteiger partial charge in [-0.25, -0.2) is 4.98 Å². The monoisotopic (exact) mass is 392 g/mol. The number of carbonyl (C=O) groups excluding carboxylic acids is 1. The van der Waals surface area contributed by atoms with Gasteiger partial charge >= 0.3 is 0 Å². The zero-order valence-electron chi connectivity index (χ0n) is 16.7. The SMILES string of the molecule is CC(=O)N1CCN(c2ccc(OCc3cc(=O)n4cccc(C)c4n3)cc2)CC1. The van der Waals surface area contributed by atoms with E-state index in [1.165, 1.54) is 6.07 Å². The molecule has 3 heterocycles. The van der Waals surface area contributed by atoms with Crippen molar-refractivity contribution in [3.8, 4) is 5.75 Å². The van der Waals surface area contributed by atoms with Crippen LogP contribution in [-0.4, -0.2) is 46.4 Å². The largest absolute Gasteiger partial charge is 0.487 e. The van der Waals surface area contributed by atoms with Crippen LogP contribution in [0.5, 0.6) is 5.75 Å². The minimum atomic E-state index is -0.114. The van der Waals surface area contributed by atoms with E-state index in [9.17, 15) is 9.59 Å². The summed E-state index contributed by atoms with van der Waals surface area (Å²) in [5.41, 5.74) is 3.20. The van der Waals surface area contributed by atoms with Gasteiger partial charge in [0, 0.05) is 51.1 Å². The van der Waals surface area contributed by atoms with Crippen molar-refractivity contribution in [3.05, 3.63) is 70.3 Å². The van der Waals surface area contributed by atoms with Gasteiger partial charge in [-0.1, -0.05) is 6.07 Å². The van der Waals surface area contributed by atoms with Crippen LogP contribution in [0.25, 0.3) is 5.65 Å². The lowest BCUT2D eigenvalue weighted by Crippen LogP contribution is -2.48. The summed E-state index contributed by atoms with van der Waals surface area (Å²) >= 11 is 0. The first-order valence-electron chi connectivity index (χ1n) is 9.72. The fourth-order valence-electron chi connectivity index (χ4n) is 3.57. The third kappa shape index (κ3) is 4.08. The Morgan fingerprint density at radius 1 is 1.10 bits per heavy atom. The zero-order chi connectivity index (χ0) is 20.4. The van der Waals surface area contributed by atoms with Crippen LogP contribution < -0.4 is 15.2 Å². The number of hydrogen-bond acceptors (Lipinski definition) is 5. The number of ether oxygens (including phenoxy) is 1. The molecule has 0 unspecified atom stereocenters. The van der Waals surface area contributed by atoms with Gasteiger partial charge in [-0.15, -0.1) is 0 Å². The molecule has 0 saturated carbocycles. The van der Waals surface area contributed by atoms with Crippen molar-refractivity contribution in [3.63, 3.8) is 0 Å². The Kier molecular flexibility index (Phi) is 5.20. The predicted octanol–water partition coefficient (Wildman–Crippen LogP) is 2.25. The summed E-state index contributed by atoms with van der Waals surface area (Å²) in [5, 5.41) is 0. The van der Waals surface area contributed by atoms with Gasteiger partial charge in [-0.05, 0) is 42.8 Å². The molecule has 2 aromatic heterocycles. The molecule has 1 aliphatic heterocycles. The maximum Gasteiger partial charge on any atom is 0.258 e. The average molecular weight is 392 g/mol. The van der Waals surface area contributed by atoms with E-state index in [1.54, 1.807) is 17.5 Å². The van der Waals surface area contributed by atoms with Crippen molar-refractivity contribution in [2.45, 2.75) is 20.5 Å². The van der Waals surface area contributed by atoms with E-state index in [1.807, 2.05) is 48.2 Å². The molecular formula is C22H24N4O3. The molecule has 150 valence electrons. The number of carbonyl (C=O) groups is 1. The minimum absolute atomic E-state index is 0.114. The fourth-order valence-corrected chi connectivity index (χ4v) is 3.57. The van der Waals surface area contributed by atoms with Crippen molar-refractivity contribution in [2.24, 2.45) is 0 Å². The van der Waals surface area contributed by atoms with Gasteiger partial charge in [-0.2, -0.15) is 0 Å². The molecule has 0 aliphatic carbocycles. The molecule has 4 rings (SSSR count). The van der Waals surface area contributed by atoms with E-state index in [-0.39, 0.29) is 18.1 Å². The van der Waals surface area contributed by atoms with Crippen LogP contribution in [0, 0.1) is 6.92 Å². The molecule has 0 bridgehead atoms. The quantitative estimate of drug-likeness (QED) is 0.681. The summed E-state index contributed by atoms with van der Waals surface area (Å²) in [6.45, 7) is 6.92. The molecule has 1 amide bonds. The lowest BCUT2D eigenvalue weighted by Gasteiger charge is -2.35. The topological polar surface area (TPSA) is 67.2 Å². The Morgan fingerprint density at radius 2 is 1.83 bits per heavy atom. The second-order valence-corrected chi connectivity index (χ2v) is 7.25. The first-order valence-corrected chi connectivity index (χ1v) is 9.72. The molecule has 1 fully saturated rings. The number of pyridine rings is 1. The number of hydrogen-bond donors (Lipinski definition) is 0. The van der Waals surface area contributed by atoms with Gasteiger partial charge in [0.15, 0.2) is 0 Å². The summed E-state index contributed by atoms with van der Waals surface area (Å²) in [6, 6.07) is 13.2. The first kappa shape index (κ1) is 19.0. The molecule has 1 saturated heterocycles. The fraction of sp³-hybridized carbons (Fsp3) is 0.318.